The van der Waals surface area contributed by atoms with Crippen molar-refractivity contribution in [1.82, 2.24) is 10.2 Å². The summed E-state index contributed by atoms with van der Waals surface area (Å²) in [7, 11) is 1.64. The number of carbonyl (C=O) groups excluding carboxylic acids is 2. The number of nitrogens with one attached hydrogen (secondary N) is 1. The van der Waals surface area contributed by atoms with Gasteiger partial charge < -0.3 is 16.0 Å². The van der Waals surface area contributed by atoms with Gasteiger partial charge in [-0.3, -0.25) is 9.59 Å². The first-order valence-corrected chi connectivity index (χ1v) is 7.90. The number of likely N-dealkylation sites (tertiary alicyclic amines) is 1. The maximum absolute atomic E-state index is 12.9. The molecule has 0 aromatic heterocycles. The molecule has 1 aromatic carbocycles. The summed E-state index contributed by atoms with van der Waals surface area (Å²) >= 11 is 0. The zero-order valence-electron chi connectivity index (χ0n) is 13.4. The van der Waals surface area contributed by atoms with Crippen molar-refractivity contribution in [2.24, 2.45) is 11.7 Å². The Balaban J connectivity index is 0.00000192. The number of hydrogen-bond acceptors (Lipinski definition) is 3. The minimum absolute atomic E-state index is 0. The van der Waals surface area contributed by atoms with Crippen molar-refractivity contribution in [3.05, 3.63) is 35.4 Å². The molecule has 126 valence electrons. The first-order chi connectivity index (χ1) is 10.5. The van der Waals surface area contributed by atoms with E-state index < -0.39 is 5.54 Å². The first-order valence-electron chi connectivity index (χ1n) is 7.90. The zero-order valence-corrected chi connectivity index (χ0v) is 14.2. The maximum Gasteiger partial charge on any atom is 0.243 e. The fourth-order valence-corrected chi connectivity index (χ4v) is 3.69. The van der Waals surface area contributed by atoms with Gasteiger partial charge in [-0.2, -0.15) is 0 Å². The van der Waals surface area contributed by atoms with Gasteiger partial charge in [-0.05, 0) is 36.8 Å². The summed E-state index contributed by atoms with van der Waals surface area (Å²) in [6, 6.07) is 8.05. The van der Waals surface area contributed by atoms with Crippen LogP contribution in [0.25, 0.3) is 0 Å². The molecule has 1 atom stereocenters. The van der Waals surface area contributed by atoms with Gasteiger partial charge in [-0.1, -0.05) is 24.3 Å². The van der Waals surface area contributed by atoms with Crippen LogP contribution in [0.15, 0.2) is 24.3 Å². The molecule has 0 bridgehead atoms. The summed E-state index contributed by atoms with van der Waals surface area (Å²) < 4.78 is 0. The summed E-state index contributed by atoms with van der Waals surface area (Å²) in [5, 5.41) is 2.68. The second-order valence-electron chi connectivity index (χ2n) is 6.48. The van der Waals surface area contributed by atoms with E-state index in [0.717, 1.165) is 12.8 Å². The number of piperidine rings is 1. The third-order valence-corrected chi connectivity index (χ3v) is 4.88. The molecule has 1 saturated heterocycles. The van der Waals surface area contributed by atoms with E-state index in [1.165, 1.54) is 11.1 Å². The molecule has 1 fully saturated rings. The minimum Gasteiger partial charge on any atom is -0.359 e. The van der Waals surface area contributed by atoms with Gasteiger partial charge in [-0.15, -0.1) is 12.4 Å². The Bertz CT molecular complexity index is 580. The van der Waals surface area contributed by atoms with Crippen molar-refractivity contribution >= 4 is 24.2 Å². The average molecular weight is 338 g/mol. The average Bonchev–Trinajstić information content (AvgIpc) is 2.90. The molecule has 23 heavy (non-hydrogen) atoms. The molecular formula is C17H24ClN3O2. The first kappa shape index (κ1) is 17.8. The Morgan fingerprint density at radius 1 is 1.26 bits per heavy atom. The van der Waals surface area contributed by atoms with E-state index in [-0.39, 0.29) is 30.1 Å². The molecule has 3 N–H and O–H groups in total. The van der Waals surface area contributed by atoms with Crippen LogP contribution in [0.2, 0.25) is 0 Å². The predicted molar refractivity (Wildman–Crippen MR) is 91.4 cm³/mol. The highest BCUT2D eigenvalue weighted by Crippen LogP contribution is 2.31. The van der Waals surface area contributed by atoms with E-state index in [9.17, 15) is 9.59 Å². The Morgan fingerprint density at radius 3 is 2.43 bits per heavy atom. The topological polar surface area (TPSA) is 75.4 Å². The molecular weight excluding hydrogens is 314 g/mol. The molecule has 2 aliphatic rings. The smallest absolute Gasteiger partial charge is 0.243 e. The molecule has 1 unspecified atom stereocenters. The highest BCUT2D eigenvalue weighted by Gasteiger charge is 2.43. The SMILES string of the molecule is CNC(=O)C1CCCN(C(=O)C2(N)Cc3ccccc3C2)C1.Cl. The monoisotopic (exact) mass is 337 g/mol. The molecule has 6 heteroatoms. The van der Waals surface area contributed by atoms with Crippen molar-refractivity contribution < 1.29 is 9.59 Å². The van der Waals surface area contributed by atoms with Crippen molar-refractivity contribution in [1.29, 1.82) is 0 Å². The Morgan fingerprint density at radius 2 is 1.87 bits per heavy atom. The van der Waals surface area contributed by atoms with E-state index in [4.69, 9.17) is 5.73 Å². The largest absolute Gasteiger partial charge is 0.359 e. The van der Waals surface area contributed by atoms with Gasteiger partial charge in [0.15, 0.2) is 0 Å². The van der Waals surface area contributed by atoms with Crippen LogP contribution in [0.1, 0.15) is 24.0 Å². The van der Waals surface area contributed by atoms with E-state index in [1.54, 1.807) is 11.9 Å². The molecule has 1 aromatic rings. The number of carbonyl (C=O) groups is 2. The van der Waals surface area contributed by atoms with Crippen LogP contribution < -0.4 is 11.1 Å². The van der Waals surface area contributed by atoms with Crippen LogP contribution in [0.5, 0.6) is 0 Å². The lowest BCUT2D eigenvalue weighted by atomic mass is 9.91. The van der Waals surface area contributed by atoms with Crippen molar-refractivity contribution in [2.75, 3.05) is 20.1 Å². The Kier molecular flexibility index (Phi) is 5.32. The van der Waals surface area contributed by atoms with E-state index in [2.05, 4.69) is 5.32 Å². The fraction of sp³-hybridized carbons (Fsp3) is 0.529. The van der Waals surface area contributed by atoms with Gasteiger partial charge in [0.2, 0.25) is 11.8 Å². The van der Waals surface area contributed by atoms with Crippen molar-refractivity contribution in [3.8, 4) is 0 Å². The third-order valence-electron chi connectivity index (χ3n) is 4.88. The van der Waals surface area contributed by atoms with Crippen molar-refractivity contribution in [3.63, 3.8) is 0 Å². The van der Waals surface area contributed by atoms with Gasteiger partial charge >= 0.3 is 0 Å². The highest BCUT2D eigenvalue weighted by atomic mass is 35.5. The van der Waals surface area contributed by atoms with Crippen LogP contribution in [0.3, 0.4) is 0 Å². The highest BCUT2D eigenvalue weighted by molar-refractivity contribution is 5.89. The van der Waals surface area contributed by atoms with Gasteiger partial charge in [0.1, 0.15) is 5.54 Å². The van der Waals surface area contributed by atoms with Gasteiger partial charge in [0.05, 0.1) is 5.92 Å². The molecule has 1 aliphatic carbocycles. The lowest BCUT2D eigenvalue weighted by molar-refractivity contribution is -0.140. The lowest BCUT2D eigenvalue weighted by Crippen LogP contribution is -2.58. The van der Waals surface area contributed by atoms with Gasteiger partial charge in [-0.25, -0.2) is 0 Å². The molecule has 1 aliphatic heterocycles. The Labute approximate surface area is 143 Å². The van der Waals surface area contributed by atoms with Gasteiger partial charge in [0.25, 0.3) is 0 Å². The van der Waals surface area contributed by atoms with Crippen LogP contribution in [0.4, 0.5) is 0 Å². The van der Waals surface area contributed by atoms with Crippen LogP contribution in [-0.2, 0) is 22.4 Å². The van der Waals surface area contributed by atoms with E-state index >= 15 is 0 Å². The molecule has 1 heterocycles. The lowest BCUT2D eigenvalue weighted by Gasteiger charge is -2.36. The maximum atomic E-state index is 12.9. The van der Waals surface area contributed by atoms with Gasteiger partial charge in [0, 0.05) is 20.1 Å². The number of nitrogens with two attached hydrogens (primary N) is 1. The molecule has 3 rings (SSSR count). The van der Waals surface area contributed by atoms with Crippen LogP contribution in [-0.4, -0.2) is 42.4 Å². The molecule has 0 saturated carbocycles. The number of fused-ring (bicyclic) bond motifs is 1. The summed E-state index contributed by atoms with van der Waals surface area (Å²) in [6.45, 7) is 1.18. The summed E-state index contributed by atoms with van der Waals surface area (Å²) in [5.41, 5.74) is 7.92. The second-order valence-corrected chi connectivity index (χ2v) is 6.48. The quantitative estimate of drug-likeness (QED) is 0.841. The second kappa shape index (κ2) is 6.89. The Hall–Kier alpha value is -1.59. The number of rotatable bonds is 2. The standard InChI is InChI=1S/C17H23N3O2.ClH/c1-19-15(21)14-7-4-8-20(11-14)16(22)17(18)9-12-5-2-3-6-13(12)10-17;/h2-3,5-6,14H,4,7-11,18H2,1H3,(H,19,21);1H. The number of amides is 2. The van der Waals surface area contributed by atoms with Crippen molar-refractivity contribution in [2.45, 2.75) is 31.2 Å². The summed E-state index contributed by atoms with van der Waals surface area (Å²) in [6.07, 6.45) is 2.86. The normalized spacial score (nSPS) is 22.0. The fourth-order valence-electron chi connectivity index (χ4n) is 3.69. The number of hydrogen-bond donors (Lipinski definition) is 2. The van der Waals surface area contributed by atoms with E-state index in [0.29, 0.717) is 25.9 Å². The number of nitrogens with zero attached hydrogens (tertiary/aromatic N) is 1. The molecule has 5 nitrogen and oxygen atoms in total. The van der Waals surface area contributed by atoms with Crippen LogP contribution in [0, 0.1) is 5.92 Å². The van der Waals surface area contributed by atoms with Crippen LogP contribution >= 0.6 is 12.4 Å². The molecule has 0 radical (unpaired) electrons. The summed E-state index contributed by atoms with van der Waals surface area (Å²) in [4.78, 5) is 26.5. The minimum atomic E-state index is -0.853. The number of benzene rings is 1. The van der Waals surface area contributed by atoms with E-state index in [1.807, 2.05) is 24.3 Å². The summed E-state index contributed by atoms with van der Waals surface area (Å²) in [5.74, 6) is -0.120. The molecule has 0 spiro atoms. The predicted octanol–water partition coefficient (Wildman–Crippen LogP) is 0.889. The number of halogens is 1. The zero-order chi connectivity index (χ0) is 15.7. The third kappa shape index (κ3) is 3.35. The molecule has 2 amide bonds.